The van der Waals surface area contributed by atoms with Crippen LogP contribution in [0.25, 0.3) is 0 Å². The van der Waals surface area contributed by atoms with E-state index < -0.39 is 0 Å². The normalized spacial score (nSPS) is 29.5. The molecule has 1 aliphatic carbocycles. The Labute approximate surface area is 103 Å². The lowest BCUT2D eigenvalue weighted by atomic mass is 9.80. The van der Waals surface area contributed by atoms with Crippen molar-refractivity contribution >= 4 is 0 Å². The van der Waals surface area contributed by atoms with E-state index in [1.54, 1.807) is 0 Å². The van der Waals surface area contributed by atoms with Crippen molar-refractivity contribution in [3.05, 3.63) is 11.7 Å². The molecule has 1 N–H and O–H groups in total. The molecule has 0 saturated heterocycles. The van der Waals surface area contributed by atoms with Gasteiger partial charge in [-0.25, -0.2) is 0 Å². The summed E-state index contributed by atoms with van der Waals surface area (Å²) in [7, 11) is 0. The topological polar surface area (TPSA) is 51.0 Å². The van der Waals surface area contributed by atoms with Crippen LogP contribution in [0.2, 0.25) is 0 Å². The van der Waals surface area contributed by atoms with Gasteiger partial charge in [0.2, 0.25) is 5.89 Å². The average molecular weight is 237 g/mol. The Morgan fingerprint density at radius 2 is 2.18 bits per heavy atom. The molecule has 3 atom stereocenters. The molecule has 0 radical (unpaired) electrons. The van der Waals surface area contributed by atoms with Gasteiger partial charge in [-0.3, -0.25) is 0 Å². The number of hydrogen-bond donors (Lipinski definition) is 1. The SMILES string of the molecule is Cc1nc(CCNC2CC(C)CCC2C)no1. The molecule has 3 unspecified atom stereocenters. The summed E-state index contributed by atoms with van der Waals surface area (Å²) in [5.41, 5.74) is 0. The van der Waals surface area contributed by atoms with E-state index in [-0.39, 0.29) is 0 Å². The first-order chi connectivity index (χ1) is 8.15. The fourth-order valence-electron chi connectivity index (χ4n) is 2.63. The molecular formula is C13H23N3O. The summed E-state index contributed by atoms with van der Waals surface area (Å²) >= 11 is 0. The summed E-state index contributed by atoms with van der Waals surface area (Å²) < 4.78 is 4.96. The van der Waals surface area contributed by atoms with E-state index in [2.05, 4.69) is 29.3 Å². The van der Waals surface area contributed by atoms with Crippen molar-refractivity contribution in [2.24, 2.45) is 11.8 Å². The van der Waals surface area contributed by atoms with Crippen LogP contribution < -0.4 is 5.32 Å². The van der Waals surface area contributed by atoms with Crippen LogP contribution in [0.15, 0.2) is 4.52 Å². The van der Waals surface area contributed by atoms with Crippen LogP contribution >= 0.6 is 0 Å². The Morgan fingerprint density at radius 1 is 1.35 bits per heavy atom. The van der Waals surface area contributed by atoms with Crippen LogP contribution in [0, 0.1) is 18.8 Å². The zero-order valence-electron chi connectivity index (χ0n) is 11.1. The fourth-order valence-corrected chi connectivity index (χ4v) is 2.63. The summed E-state index contributed by atoms with van der Waals surface area (Å²) in [6, 6.07) is 0.659. The molecule has 1 aromatic heterocycles. The lowest BCUT2D eigenvalue weighted by Gasteiger charge is -2.33. The van der Waals surface area contributed by atoms with Crippen LogP contribution in [0.4, 0.5) is 0 Å². The van der Waals surface area contributed by atoms with Crippen molar-refractivity contribution < 1.29 is 4.52 Å². The number of rotatable bonds is 4. The summed E-state index contributed by atoms with van der Waals surface area (Å²) in [5.74, 6) is 3.11. The average Bonchev–Trinajstić information content (AvgIpc) is 2.69. The Kier molecular flexibility index (Phi) is 4.15. The second kappa shape index (κ2) is 5.63. The first kappa shape index (κ1) is 12.6. The van der Waals surface area contributed by atoms with E-state index in [4.69, 9.17) is 4.52 Å². The largest absolute Gasteiger partial charge is 0.340 e. The van der Waals surface area contributed by atoms with Crippen LogP contribution in [0.1, 0.15) is 44.8 Å². The van der Waals surface area contributed by atoms with Gasteiger partial charge in [-0.2, -0.15) is 4.98 Å². The van der Waals surface area contributed by atoms with Crippen molar-refractivity contribution in [2.45, 2.75) is 52.5 Å². The molecule has 0 bridgehead atoms. The minimum absolute atomic E-state index is 0.652. The molecule has 0 amide bonds. The Hall–Kier alpha value is -0.900. The van der Waals surface area contributed by atoms with Gasteiger partial charge in [0.1, 0.15) is 0 Å². The maximum Gasteiger partial charge on any atom is 0.223 e. The van der Waals surface area contributed by atoms with Gasteiger partial charge in [0.05, 0.1) is 0 Å². The summed E-state index contributed by atoms with van der Waals surface area (Å²) in [6.07, 6.45) is 4.88. The molecule has 4 nitrogen and oxygen atoms in total. The summed E-state index contributed by atoms with van der Waals surface area (Å²) in [4.78, 5) is 4.21. The molecule has 1 saturated carbocycles. The van der Waals surface area contributed by atoms with Gasteiger partial charge in [0.25, 0.3) is 0 Å². The first-order valence-corrected chi connectivity index (χ1v) is 6.67. The van der Waals surface area contributed by atoms with E-state index in [1.165, 1.54) is 19.3 Å². The quantitative estimate of drug-likeness (QED) is 0.873. The molecule has 2 rings (SSSR count). The number of aryl methyl sites for hydroxylation is 1. The van der Waals surface area contributed by atoms with E-state index in [0.29, 0.717) is 11.9 Å². The Balaban J connectivity index is 1.74. The summed E-state index contributed by atoms with van der Waals surface area (Å²) in [5, 5.41) is 7.54. The molecule has 1 aromatic rings. The predicted octanol–water partition coefficient (Wildman–Crippen LogP) is 2.33. The van der Waals surface area contributed by atoms with E-state index in [1.807, 2.05) is 6.92 Å². The summed E-state index contributed by atoms with van der Waals surface area (Å²) in [6.45, 7) is 7.47. The van der Waals surface area contributed by atoms with Gasteiger partial charge in [0.15, 0.2) is 5.82 Å². The van der Waals surface area contributed by atoms with Crippen molar-refractivity contribution in [3.8, 4) is 0 Å². The number of nitrogens with one attached hydrogen (secondary N) is 1. The maximum atomic E-state index is 4.96. The Bertz CT molecular complexity index is 350. The molecule has 96 valence electrons. The zero-order chi connectivity index (χ0) is 12.3. The van der Waals surface area contributed by atoms with E-state index >= 15 is 0 Å². The van der Waals surface area contributed by atoms with Crippen molar-refractivity contribution in [3.63, 3.8) is 0 Å². The highest BCUT2D eigenvalue weighted by molar-refractivity contribution is 4.86. The van der Waals surface area contributed by atoms with Gasteiger partial charge in [-0.15, -0.1) is 0 Å². The minimum atomic E-state index is 0.652. The van der Waals surface area contributed by atoms with Crippen LogP contribution in [-0.4, -0.2) is 22.7 Å². The molecule has 1 aliphatic rings. The smallest absolute Gasteiger partial charge is 0.223 e. The molecule has 0 spiro atoms. The monoisotopic (exact) mass is 237 g/mol. The minimum Gasteiger partial charge on any atom is -0.340 e. The second-order valence-electron chi connectivity index (χ2n) is 5.44. The third-order valence-corrected chi connectivity index (χ3v) is 3.78. The van der Waals surface area contributed by atoms with Gasteiger partial charge in [-0.05, 0) is 24.7 Å². The van der Waals surface area contributed by atoms with Crippen molar-refractivity contribution in [1.82, 2.24) is 15.5 Å². The fraction of sp³-hybridized carbons (Fsp3) is 0.846. The van der Waals surface area contributed by atoms with Gasteiger partial charge in [0, 0.05) is 25.9 Å². The van der Waals surface area contributed by atoms with E-state index in [9.17, 15) is 0 Å². The third-order valence-electron chi connectivity index (χ3n) is 3.78. The highest BCUT2D eigenvalue weighted by Gasteiger charge is 2.24. The standard InChI is InChI=1S/C13H23N3O/c1-9-4-5-10(2)12(8-9)14-7-6-13-15-11(3)17-16-13/h9-10,12,14H,4-8H2,1-3H3. The van der Waals surface area contributed by atoms with Gasteiger partial charge >= 0.3 is 0 Å². The number of nitrogens with zero attached hydrogens (tertiary/aromatic N) is 2. The lowest BCUT2D eigenvalue weighted by molar-refractivity contribution is 0.229. The second-order valence-corrected chi connectivity index (χ2v) is 5.44. The van der Waals surface area contributed by atoms with Crippen molar-refractivity contribution in [2.75, 3.05) is 6.54 Å². The highest BCUT2D eigenvalue weighted by atomic mass is 16.5. The van der Waals surface area contributed by atoms with Crippen molar-refractivity contribution in [1.29, 1.82) is 0 Å². The third kappa shape index (κ3) is 3.53. The molecule has 0 aromatic carbocycles. The van der Waals surface area contributed by atoms with E-state index in [0.717, 1.165) is 30.6 Å². The first-order valence-electron chi connectivity index (χ1n) is 6.67. The Morgan fingerprint density at radius 3 is 2.88 bits per heavy atom. The highest BCUT2D eigenvalue weighted by Crippen LogP contribution is 2.28. The molecular weight excluding hydrogens is 214 g/mol. The van der Waals surface area contributed by atoms with Gasteiger partial charge in [-0.1, -0.05) is 25.4 Å². The van der Waals surface area contributed by atoms with Crippen LogP contribution in [-0.2, 0) is 6.42 Å². The van der Waals surface area contributed by atoms with Gasteiger partial charge < -0.3 is 9.84 Å². The number of hydrogen-bond acceptors (Lipinski definition) is 4. The number of aromatic nitrogens is 2. The molecule has 4 heteroatoms. The maximum absolute atomic E-state index is 4.96. The van der Waals surface area contributed by atoms with Crippen LogP contribution in [0.3, 0.4) is 0 Å². The zero-order valence-corrected chi connectivity index (χ0v) is 11.1. The molecule has 1 fully saturated rings. The molecule has 17 heavy (non-hydrogen) atoms. The molecule has 1 heterocycles. The molecule has 0 aliphatic heterocycles. The predicted molar refractivity (Wildman–Crippen MR) is 66.7 cm³/mol. The lowest BCUT2D eigenvalue weighted by Crippen LogP contribution is -2.40. The van der Waals surface area contributed by atoms with Crippen LogP contribution in [0.5, 0.6) is 0 Å².